The van der Waals surface area contributed by atoms with Gasteiger partial charge < -0.3 is 14.8 Å². The van der Waals surface area contributed by atoms with E-state index in [2.05, 4.69) is 12.2 Å². The van der Waals surface area contributed by atoms with Crippen LogP contribution in [0.2, 0.25) is 10.0 Å². The van der Waals surface area contributed by atoms with Gasteiger partial charge in [-0.3, -0.25) is 0 Å². The Morgan fingerprint density at radius 3 is 2.30 bits per heavy atom. The number of nitrogens with one attached hydrogen (secondary N) is 1. The van der Waals surface area contributed by atoms with Crippen LogP contribution < -0.4 is 14.8 Å². The summed E-state index contributed by atoms with van der Waals surface area (Å²) < 4.78 is 11.6. The molecule has 5 heteroatoms. The van der Waals surface area contributed by atoms with E-state index in [1.807, 2.05) is 60.7 Å². The molecule has 0 saturated carbocycles. The lowest BCUT2D eigenvalue weighted by atomic mass is 10.2. The van der Waals surface area contributed by atoms with Crippen LogP contribution in [0.5, 0.6) is 17.2 Å². The maximum absolute atomic E-state index is 6.30. The molecule has 0 fully saturated rings. The van der Waals surface area contributed by atoms with Crippen molar-refractivity contribution < 1.29 is 9.47 Å². The molecule has 140 valence electrons. The normalized spacial score (nSPS) is 10.5. The van der Waals surface area contributed by atoms with Gasteiger partial charge in [0, 0.05) is 22.8 Å². The van der Waals surface area contributed by atoms with E-state index in [4.69, 9.17) is 32.7 Å². The fourth-order valence-corrected chi connectivity index (χ4v) is 3.16. The topological polar surface area (TPSA) is 30.5 Å². The van der Waals surface area contributed by atoms with Gasteiger partial charge in [0.2, 0.25) is 0 Å². The average Bonchev–Trinajstić information content (AvgIpc) is 2.67. The molecule has 0 radical (unpaired) electrons. The monoisotopic (exact) mass is 401 g/mol. The zero-order valence-corrected chi connectivity index (χ0v) is 16.6. The highest BCUT2D eigenvalue weighted by molar-refractivity contribution is 6.35. The minimum absolute atomic E-state index is 0.527. The molecule has 0 saturated heterocycles. The van der Waals surface area contributed by atoms with Crippen LogP contribution in [0.3, 0.4) is 0 Å². The number of benzene rings is 3. The maximum Gasteiger partial charge on any atom is 0.142 e. The second-order valence-electron chi connectivity index (χ2n) is 6.02. The van der Waals surface area contributed by atoms with Gasteiger partial charge in [-0.1, -0.05) is 48.3 Å². The number of hydrogen-bond acceptors (Lipinski definition) is 3. The fourth-order valence-electron chi connectivity index (χ4n) is 2.57. The first-order valence-corrected chi connectivity index (χ1v) is 9.59. The maximum atomic E-state index is 6.30. The molecule has 0 unspecified atom stereocenters. The number of ether oxygens (including phenoxy) is 2. The first kappa shape index (κ1) is 19.4. The fraction of sp³-hybridized carbons (Fsp3) is 0.182. The predicted octanol–water partition coefficient (Wildman–Crippen LogP) is 7.19. The van der Waals surface area contributed by atoms with Crippen LogP contribution in [0.1, 0.15) is 18.9 Å². The Hall–Kier alpha value is -2.36. The SMILES string of the molecule is CCCOc1c(Cl)cc(Cl)cc1CNc1ccc(Oc2ccccc2)cc1. The van der Waals surface area contributed by atoms with Crippen molar-refractivity contribution >= 4 is 28.9 Å². The highest BCUT2D eigenvalue weighted by atomic mass is 35.5. The number of halogens is 2. The van der Waals surface area contributed by atoms with Gasteiger partial charge in [-0.05, 0) is 55.0 Å². The lowest BCUT2D eigenvalue weighted by Crippen LogP contribution is -2.05. The first-order valence-electron chi connectivity index (χ1n) is 8.83. The summed E-state index contributed by atoms with van der Waals surface area (Å²) in [6, 6.07) is 21.1. The standard InChI is InChI=1S/C22H21Cl2NO2/c1-2-12-26-22-16(13-17(23)14-21(22)24)15-25-18-8-10-20(11-9-18)27-19-6-4-3-5-7-19/h3-11,13-14,25H,2,12,15H2,1H3. The summed E-state index contributed by atoms with van der Waals surface area (Å²) in [5.74, 6) is 2.27. The number of rotatable bonds is 8. The summed E-state index contributed by atoms with van der Waals surface area (Å²) in [5, 5.41) is 4.49. The Balaban J connectivity index is 1.66. The molecule has 0 heterocycles. The van der Waals surface area contributed by atoms with Crippen molar-refractivity contribution in [3.05, 3.63) is 82.3 Å². The minimum atomic E-state index is 0.527. The Bertz CT molecular complexity index is 867. The van der Waals surface area contributed by atoms with E-state index in [9.17, 15) is 0 Å². The molecule has 0 atom stereocenters. The molecule has 0 bridgehead atoms. The predicted molar refractivity (Wildman–Crippen MR) is 113 cm³/mol. The Morgan fingerprint density at radius 1 is 0.889 bits per heavy atom. The van der Waals surface area contributed by atoms with Gasteiger partial charge in [0.15, 0.2) is 0 Å². The van der Waals surface area contributed by atoms with Crippen LogP contribution in [0.4, 0.5) is 5.69 Å². The van der Waals surface area contributed by atoms with Crippen LogP contribution in [-0.2, 0) is 6.54 Å². The van der Waals surface area contributed by atoms with E-state index in [1.165, 1.54) is 0 Å². The molecule has 0 aromatic heterocycles. The Kier molecular flexibility index (Phi) is 6.86. The quantitative estimate of drug-likeness (QED) is 0.433. The summed E-state index contributed by atoms with van der Waals surface area (Å²) >= 11 is 12.4. The molecule has 0 aliphatic carbocycles. The minimum Gasteiger partial charge on any atom is -0.492 e. The molecule has 3 aromatic rings. The Labute approximate surface area is 169 Å². The highest BCUT2D eigenvalue weighted by Crippen LogP contribution is 2.33. The molecule has 3 aromatic carbocycles. The zero-order valence-electron chi connectivity index (χ0n) is 15.0. The lowest BCUT2D eigenvalue weighted by Gasteiger charge is -2.15. The van der Waals surface area contributed by atoms with E-state index in [1.54, 1.807) is 6.07 Å². The smallest absolute Gasteiger partial charge is 0.142 e. The third-order valence-corrected chi connectivity index (χ3v) is 4.35. The van der Waals surface area contributed by atoms with Crippen LogP contribution >= 0.6 is 23.2 Å². The van der Waals surface area contributed by atoms with Crippen LogP contribution in [0.15, 0.2) is 66.7 Å². The highest BCUT2D eigenvalue weighted by Gasteiger charge is 2.11. The molecule has 27 heavy (non-hydrogen) atoms. The number of anilines is 1. The van der Waals surface area contributed by atoms with Gasteiger partial charge in [0.25, 0.3) is 0 Å². The second kappa shape index (κ2) is 9.54. The number of para-hydroxylation sites is 1. The molecule has 3 nitrogen and oxygen atoms in total. The molecule has 0 amide bonds. The molecule has 0 aliphatic heterocycles. The van der Waals surface area contributed by atoms with Crippen molar-refractivity contribution in [3.63, 3.8) is 0 Å². The van der Waals surface area contributed by atoms with E-state index in [0.29, 0.717) is 28.9 Å². The summed E-state index contributed by atoms with van der Waals surface area (Å²) in [5.41, 5.74) is 1.89. The van der Waals surface area contributed by atoms with Gasteiger partial charge in [-0.15, -0.1) is 0 Å². The summed E-state index contributed by atoms with van der Waals surface area (Å²) in [4.78, 5) is 0. The molecule has 0 aliphatic rings. The van der Waals surface area contributed by atoms with Crippen LogP contribution in [0.25, 0.3) is 0 Å². The number of hydrogen-bond donors (Lipinski definition) is 1. The van der Waals surface area contributed by atoms with E-state index < -0.39 is 0 Å². The van der Waals surface area contributed by atoms with E-state index in [-0.39, 0.29) is 0 Å². The van der Waals surface area contributed by atoms with Crippen LogP contribution in [-0.4, -0.2) is 6.61 Å². The van der Waals surface area contributed by atoms with Crippen molar-refractivity contribution in [2.24, 2.45) is 0 Å². The van der Waals surface area contributed by atoms with Crippen molar-refractivity contribution in [3.8, 4) is 17.2 Å². The second-order valence-corrected chi connectivity index (χ2v) is 6.86. The van der Waals surface area contributed by atoms with Gasteiger partial charge in [0.05, 0.1) is 11.6 Å². The van der Waals surface area contributed by atoms with E-state index in [0.717, 1.165) is 29.2 Å². The van der Waals surface area contributed by atoms with Gasteiger partial charge in [-0.25, -0.2) is 0 Å². The van der Waals surface area contributed by atoms with Crippen LogP contribution in [0, 0.1) is 0 Å². The van der Waals surface area contributed by atoms with E-state index >= 15 is 0 Å². The molecular weight excluding hydrogens is 381 g/mol. The van der Waals surface area contributed by atoms with Gasteiger partial charge in [0.1, 0.15) is 17.2 Å². The summed E-state index contributed by atoms with van der Waals surface area (Å²) in [6.45, 7) is 3.22. The Morgan fingerprint density at radius 2 is 1.59 bits per heavy atom. The third kappa shape index (κ3) is 5.56. The van der Waals surface area contributed by atoms with Crippen molar-refractivity contribution in [2.75, 3.05) is 11.9 Å². The van der Waals surface area contributed by atoms with Crippen molar-refractivity contribution in [1.29, 1.82) is 0 Å². The van der Waals surface area contributed by atoms with Gasteiger partial charge in [-0.2, -0.15) is 0 Å². The first-order chi connectivity index (χ1) is 13.2. The molecule has 3 rings (SSSR count). The third-order valence-electron chi connectivity index (χ3n) is 3.85. The largest absolute Gasteiger partial charge is 0.492 e. The van der Waals surface area contributed by atoms with Crippen molar-refractivity contribution in [2.45, 2.75) is 19.9 Å². The summed E-state index contributed by atoms with van der Waals surface area (Å²) in [7, 11) is 0. The zero-order chi connectivity index (χ0) is 19.1. The molecule has 1 N–H and O–H groups in total. The molecular formula is C22H21Cl2NO2. The summed E-state index contributed by atoms with van der Waals surface area (Å²) in [6.07, 6.45) is 0.911. The lowest BCUT2D eigenvalue weighted by molar-refractivity contribution is 0.314. The van der Waals surface area contributed by atoms with Crippen molar-refractivity contribution in [1.82, 2.24) is 0 Å². The van der Waals surface area contributed by atoms with Gasteiger partial charge >= 0.3 is 0 Å². The molecule has 0 spiro atoms. The average molecular weight is 402 g/mol.